The van der Waals surface area contributed by atoms with Crippen molar-refractivity contribution in [2.75, 3.05) is 11.9 Å². The topological polar surface area (TPSA) is 54.0 Å². The molecule has 0 aliphatic rings. The van der Waals surface area contributed by atoms with Gasteiger partial charge in [-0.3, -0.25) is 9.78 Å². The number of aromatic nitrogens is 1. The van der Waals surface area contributed by atoms with E-state index < -0.39 is 0 Å². The van der Waals surface area contributed by atoms with E-state index in [2.05, 4.69) is 27.8 Å². The predicted octanol–water partition coefficient (Wildman–Crippen LogP) is 3.31. The summed E-state index contributed by atoms with van der Waals surface area (Å²) in [5, 5.41) is 6.18. The van der Waals surface area contributed by atoms with Crippen molar-refractivity contribution < 1.29 is 4.79 Å². The van der Waals surface area contributed by atoms with Crippen LogP contribution in [0.3, 0.4) is 0 Å². The number of nitrogens with one attached hydrogen (secondary N) is 2. The number of pyridine rings is 1. The number of hydrogen-bond acceptors (Lipinski definition) is 3. The molecule has 1 aromatic carbocycles. The molecule has 2 N–H and O–H groups in total. The summed E-state index contributed by atoms with van der Waals surface area (Å²) in [6, 6.07) is 9.87. The molecule has 2 rings (SSSR count). The zero-order chi connectivity index (χ0) is 15.2. The highest BCUT2D eigenvalue weighted by molar-refractivity contribution is 5.99. The van der Waals surface area contributed by atoms with E-state index in [1.165, 1.54) is 5.56 Å². The molecule has 0 fully saturated rings. The molecular weight excluding hydrogens is 262 g/mol. The summed E-state index contributed by atoms with van der Waals surface area (Å²) in [4.78, 5) is 16.5. The summed E-state index contributed by atoms with van der Waals surface area (Å²) in [6.45, 7) is 6.77. The lowest BCUT2D eigenvalue weighted by Gasteiger charge is -2.16. The molecule has 4 heteroatoms. The Morgan fingerprint density at radius 1 is 1.24 bits per heavy atom. The van der Waals surface area contributed by atoms with Gasteiger partial charge in [-0.1, -0.05) is 29.8 Å². The van der Waals surface area contributed by atoms with Crippen LogP contribution in [0.2, 0.25) is 0 Å². The van der Waals surface area contributed by atoms with Gasteiger partial charge < -0.3 is 10.6 Å². The van der Waals surface area contributed by atoms with Crippen molar-refractivity contribution in [3.8, 4) is 0 Å². The van der Waals surface area contributed by atoms with Crippen LogP contribution in [0.15, 0.2) is 42.7 Å². The number of nitrogens with zero attached hydrogens (tertiary/aromatic N) is 1. The second kappa shape index (κ2) is 6.88. The zero-order valence-electron chi connectivity index (χ0n) is 12.7. The molecular formula is C17H21N3O. The molecule has 0 saturated heterocycles. The summed E-state index contributed by atoms with van der Waals surface area (Å²) in [5.41, 5.74) is 3.67. The van der Waals surface area contributed by atoms with Crippen molar-refractivity contribution in [2.45, 2.75) is 26.8 Å². The summed E-state index contributed by atoms with van der Waals surface area (Å²) in [6.07, 6.45) is 3.31. The van der Waals surface area contributed by atoms with Crippen molar-refractivity contribution in [1.29, 1.82) is 0 Å². The third kappa shape index (κ3) is 3.81. The van der Waals surface area contributed by atoms with E-state index in [1.807, 2.05) is 32.9 Å². The van der Waals surface area contributed by atoms with Crippen LogP contribution in [0.25, 0.3) is 0 Å². The average molecular weight is 283 g/mol. The lowest BCUT2D eigenvalue weighted by atomic mass is 10.1. The van der Waals surface area contributed by atoms with Crippen LogP contribution in [-0.2, 0) is 0 Å². The van der Waals surface area contributed by atoms with Gasteiger partial charge in [0.25, 0.3) is 5.91 Å². The Kier molecular flexibility index (Phi) is 4.93. The smallest absolute Gasteiger partial charge is 0.253 e. The van der Waals surface area contributed by atoms with Crippen molar-refractivity contribution in [2.24, 2.45) is 0 Å². The van der Waals surface area contributed by atoms with Crippen LogP contribution in [0, 0.1) is 6.92 Å². The average Bonchev–Trinajstić information content (AvgIpc) is 2.48. The molecule has 110 valence electrons. The number of carbonyl (C=O) groups is 1. The Morgan fingerprint density at radius 3 is 2.62 bits per heavy atom. The molecule has 2 aromatic rings. The van der Waals surface area contributed by atoms with Crippen LogP contribution in [-0.4, -0.2) is 17.4 Å². The maximum Gasteiger partial charge on any atom is 0.253 e. The maximum atomic E-state index is 12.4. The van der Waals surface area contributed by atoms with Gasteiger partial charge >= 0.3 is 0 Å². The number of aryl methyl sites for hydroxylation is 1. The van der Waals surface area contributed by atoms with Crippen molar-refractivity contribution in [3.05, 3.63) is 59.4 Å². The monoisotopic (exact) mass is 283 g/mol. The van der Waals surface area contributed by atoms with Crippen molar-refractivity contribution >= 4 is 11.6 Å². The fraction of sp³-hybridized carbons (Fsp3) is 0.294. The summed E-state index contributed by atoms with van der Waals surface area (Å²) in [7, 11) is 0. The Morgan fingerprint density at radius 2 is 1.95 bits per heavy atom. The van der Waals surface area contributed by atoms with Gasteiger partial charge in [0, 0.05) is 12.7 Å². The fourth-order valence-electron chi connectivity index (χ4n) is 2.14. The van der Waals surface area contributed by atoms with E-state index in [-0.39, 0.29) is 11.9 Å². The van der Waals surface area contributed by atoms with E-state index in [0.717, 1.165) is 17.8 Å². The Labute approximate surface area is 125 Å². The first-order chi connectivity index (χ1) is 10.1. The number of rotatable bonds is 5. The Balaban J connectivity index is 2.12. The van der Waals surface area contributed by atoms with E-state index in [4.69, 9.17) is 0 Å². The predicted molar refractivity (Wildman–Crippen MR) is 85.5 cm³/mol. The largest absolute Gasteiger partial charge is 0.383 e. The highest BCUT2D eigenvalue weighted by atomic mass is 16.1. The number of carbonyl (C=O) groups excluding carboxylic acids is 1. The van der Waals surface area contributed by atoms with Crippen LogP contribution in [0.1, 0.15) is 41.4 Å². The molecule has 0 bridgehead atoms. The standard InChI is InChI=1S/C17H21N3O/c1-4-19-16-11-18-10-9-15(16)17(21)20-13(3)14-7-5-12(2)6-8-14/h5-11,13,19H,4H2,1-3H3,(H,20,21). The third-order valence-corrected chi connectivity index (χ3v) is 3.36. The molecule has 21 heavy (non-hydrogen) atoms. The minimum Gasteiger partial charge on any atom is -0.383 e. The summed E-state index contributed by atoms with van der Waals surface area (Å²) >= 11 is 0. The van der Waals surface area contributed by atoms with E-state index in [9.17, 15) is 4.79 Å². The highest BCUT2D eigenvalue weighted by Gasteiger charge is 2.14. The SMILES string of the molecule is CCNc1cnccc1C(=O)NC(C)c1ccc(C)cc1. The molecule has 1 atom stereocenters. The molecule has 1 heterocycles. The van der Waals surface area contributed by atoms with Crippen LogP contribution >= 0.6 is 0 Å². The molecule has 0 saturated carbocycles. The van der Waals surface area contributed by atoms with Crippen LogP contribution in [0.5, 0.6) is 0 Å². The lowest BCUT2D eigenvalue weighted by molar-refractivity contribution is 0.0940. The second-order valence-corrected chi connectivity index (χ2v) is 5.06. The molecule has 0 radical (unpaired) electrons. The summed E-state index contributed by atoms with van der Waals surface area (Å²) in [5.74, 6) is -0.0959. The Bertz CT molecular complexity index is 608. The van der Waals surface area contributed by atoms with Gasteiger partial charge in [0.2, 0.25) is 0 Å². The van der Waals surface area contributed by atoms with Crippen LogP contribution < -0.4 is 10.6 Å². The van der Waals surface area contributed by atoms with E-state index in [1.54, 1.807) is 18.5 Å². The third-order valence-electron chi connectivity index (χ3n) is 3.36. The van der Waals surface area contributed by atoms with E-state index in [0.29, 0.717) is 5.56 Å². The quantitative estimate of drug-likeness (QED) is 0.885. The Hall–Kier alpha value is -2.36. The number of benzene rings is 1. The normalized spacial score (nSPS) is 11.8. The first kappa shape index (κ1) is 15.0. The van der Waals surface area contributed by atoms with Gasteiger partial charge in [0.1, 0.15) is 0 Å². The molecule has 0 spiro atoms. The molecule has 0 aliphatic heterocycles. The van der Waals surface area contributed by atoms with Gasteiger partial charge in [-0.15, -0.1) is 0 Å². The van der Waals surface area contributed by atoms with Gasteiger partial charge in [-0.25, -0.2) is 0 Å². The highest BCUT2D eigenvalue weighted by Crippen LogP contribution is 2.17. The van der Waals surface area contributed by atoms with Gasteiger partial charge in [-0.2, -0.15) is 0 Å². The van der Waals surface area contributed by atoms with E-state index >= 15 is 0 Å². The lowest BCUT2D eigenvalue weighted by Crippen LogP contribution is -2.27. The van der Waals surface area contributed by atoms with Crippen molar-refractivity contribution in [3.63, 3.8) is 0 Å². The number of amides is 1. The van der Waals surface area contributed by atoms with Crippen molar-refractivity contribution in [1.82, 2.24) is 10.3 Å². The molecule has 0 aliphatic carbocycles. The minimum atomic E-state index is -0.0959. The number of hydrogen-bond donors (Lipinski definition) is 2. The van der Waals surface area contributed by atoms with Gasteiger partial charge in [-0.05, 0) is 32.4 Å². The maximum absolute atomic E-state index is 12.4. The second-order valence-electron chi connectivity index (χ2n) is 5.06. The first-order valence-corrected chi connectivity index (χ1v) is 7.17. The van der Waals surface area contributed by atoms with Gasteiger partial charge in [0.15, 0.2) is 0 Å². The zero-order valence-corrected chi connectivity index (χ0v) is 12.7. The van der Waals surface area contributed by atoms with Gasteiger partial charge in [0.05, 0.1) is 23.5 Å². The minimum absolute atomic E-state index is 0.0410. The molecule has 1 amide bonds. The molecule has 4 nitrogen and oxygen atoms in total. The molecule has 1 unspecified atom stereocenters. The number of anilines is 1. The summed E-state index contributed by atoms with van der Waals surface area (Å²) < 4.78 is 0. The first-order valence-electron chi connectivity index (χ1n) is 7.17. The van der Waals surface area contributed by atoms with Crippen LogP contribution in [0.4, 0.5) is 5.69 Å². The molecule has 1 aromatic heterocycles. The fourth-order valence-corrected chi connectivity index (χ4v) is 2.14.